The van der Waals surface area contributed by atoms with E-state index < -0.39 is 0 Å². The second-order valence-corrected chi connectivity index (χ2v) is 5.95. The van der Waals surface area contributed by atoms with Gasteiger partial charge in [-0.25, -0.2) is 0 Å². The van der Waals surface area contributed by atoms with Crippen molar-refractivity contribution in [1.29, 1.82) is 0 Å². The molecule has 0 aromatic heterocycles. The first kappa shape index (κ1) is 13.7. The van der Waals surface area contributed by atoms with Gasteiger partial charge in [0.05, 0.1) is 5.02 Å². The largest absolute Gasteiger partial charge is 0.488 e. The molecule has 20 heavy (non-hydrogen) atoms. The van der Waals surface area contributed by atoms with Crippen LogP contribution in [0.5, 0.6) is 5.75 Å². The Kier molecular flexibility index (Phi) is 3.63. The van der Waals surface area contributed by atoms with Crippen molar-refractivity contribution in [2.45, 2.75) is 19.4 Å². The van der Waals surface area contributed by atoms with Crippen molar-refractivity contribution < 1.29 is 4.74 Å². The summed E-state index contributed by atoms with van der Waals surface area (Å²) in [6, 6.07) is 9.76. The van der Waals surface area contributed by atoms with Gasteiger partial charge < -0.3 is 10.5 Å². The predicted octanol–water partition coefficient (Wildman–Crippen LogP) is 4.23. The van der Waals surface area contributed by atoms with Crippen LogP contribution in [0.15, 0.2) is 30.3 Å². The van der Waals surface area contributed by atoms with Crippen LogP contribution in [-0.4, -0.2) is 12.6 Å². The Bertz CT molecular complexity index is 670. The summed E-state index contributed by atoms with van der Waals surface area (Å²) in [5, 5.41) is 1.26. The zero-order valence-electron chi connectivity index (χ0n) is 11.1. The first-order valence-corrected chi connectivity index (χ1v) is 7.29. The van der Waals surface area contributed by atoms with Gasteiger partial charge in [0, 0.05) is 29.1 Å². The molecule has 2 aromatic rings. The maximum atomic E-state index is 6.32. The molecule has 3 rings (SSSR count). The molecule has 104 valence electrons. The molecule has 4 heteroatoms. The second-order valence-electron chi connectivity index (χ2n) is 5.10. The molecule has 0 radical (unpaired) electrons. The maximum absolute atomic E-state index is 6.32. The molecule has 1 atom stereocenters. The number of ether oxygens (including phenoxy) is 1. The fourth-order valence-electron chi connectivity index (χ4n) is 2.63. The van der Waals surface area contributed by atoms with E-state index in [2.05, 4.69) is 19.1 Å². The average Bonchev–Trinajstić information content (AvgIpc) is 2.81. The molecule has 0 saturated heterocycles. The quantitative estimate of drug-likeness (QED) is 0.901. The molecule has 0 saturated carbocycles. The number of rotatable bonds is 2. The van der Waals surface area contributed by atoms with Gasteiger partial charge >= 0.3 is 0 Å². The molecule has 0 unspecified atom stereocenters. The maximum Gasteiger partial charge on any atom is 0.131 e. The normalized spacial score (nSPS) is 16.9. The zero-order chi connectivity index (χ0) is 14.3. The SMILES string of the molecule is Cc1cc2c(c(-c3ccc(Cl)cc3Cl)c1)O[C@@H](CN)C2. The number of halogens is 2. The van der Waals surface area contributed by atoms with Crippen LogP contribution in [0, 0.1) is 6.92 Å². The van der Waals surface area contributed by atoms with E-state index in [9.17, 15) is 0 Å². The number of hydrogen-bond donors (Lipinski definition) is 1. The van der Waals surface area contributed by atoms with Gasteiger partial charge in [0.2, 0.25) is 0 Å². The standard InChI is InChI=1S/C16H15Cl2NO/c1-9-4-10-6-12(8-19)20-16(10)14(5-9)13-3-2-11(17)7-15(13)18/h2-5,7,12H,6,8,19H2,1H3/t12-/m1/s1. The third-order valence-corrected chi connectivity index (χ3v) is 4.07. The van der Waals surface area contributed by atoms with E-state index in [1.165, 1.54) is 11.1 Å². The highest BCUT2D eigenvalue weighted by molar-refractivity contribution is 6.36. The highest BCUT2D eigenvalue weighted by Gasteiger charge is 2.26. The Labute approximate surface area is 128 Å². The van der Waals surface area contributed by atoms with Gasteiger partial charge in [-0.1, -0.05) is 35.3 Å². The third-order valence-electron chi connectivity index (χ3n) is 3.53. The lowest BCUT2D eigenvalue weighted by molar-refractivity contribution is 0.242. The van der Waals surface area contributed by atoms with Gasteiger partial charge in [0.25, 0.3) is 0 Å². The third kappa shape index (κ3) is 2.39. The van der Waals surface area contributed by atoms with Crippen molar-refractivity contribution in [2.75, 3.05) is 6.54 Å². The first-order valence-electron chi connectivity index (χ1n) is 6.54. The van der Waals surface area contributed by atoms with Crippen molar-refractivity contribution >= 4 is 23.2 Å². The monoisotopic (exact) mass is 307 g/mol. The fraction of sp³-hybridized carbons (Fsp3) is 0.250. The summed E-state index contributed by atoms with van der Waals surface area (Å²) in [5.74, 6) is 0.898. The van der Waals surface area contributed by atoms with Crippen LogP contribution in [0.4, 0.5) is 0 Å². The fourth-order valence-corrected chi connectivity index (χ4v) is 3.14. The van der Waals surface area contributed by atoms with E-state index in [-0.39, 0.29) is 6.10 Å². The minimum atomic E-state index is 0.0524. The molecule has 1 aliphatic heterocycles. The summed E-state index contributed by atoms with van der Waals surface area (Å²) in [4.78, 5) is 0. The summed E-state index contributed by atoms with van der Waals surface area (Å²) in [6.45, 7) is 2.59. The summed E-state index contributed by atoms with van der Waals surface area (Å²) in [6.07, 6.45) is 0.905. The molecule has 2 nitrogen and oxygen atoms in total. The number of nitrogens with two attached hydrogens (primary N) is 1. The molecule has 2 N–H and O–H groups in total. The summed E-state index contributed by atoms with van der Waals surface area (Å²) in [7, 11) is 0. The van der Waals surface area contributed by atoms with Crippen LogP contribution in [0.1, 0.15) is 11.1 Å². The molecule has 2 aromatic carbocycles. The summed E-state index contributed by atoms with van der Waals surface area (Å²) in [5.41, 5.74) is 10.1. The molecule has 0 spiro atoms. The van der Waals surface area contributed by atoms with Crippen LogP contribution < -0.4 is 10.5 Å². The Morgan fingerprint density at radius 1 is 1.20 bits per heavy atom. The van der Waals surface area contributed by atoms with Crippen LogP contribution in [-0.2, 0) is 6.42 Å². The highest BCUT2D eigenvalue weighted by Crippen LogP contribution is 2.42. The second kappa shape index (κ2) is 5.28. The van der Waals surface area contributed by atoms with Gasteiger partial charge in [-0.15, -0.1) is 0 Å². The van der Waals surface area contributed by atoms with Gasteiger partial charge in [-0.3, -0.25) is 0 Å². The van der Waals surface area contributed by atoms with Gasteiger partial charge in [-0.05, 0) is 36.2 Å². The van der Waals surface area contributed by atoms with Crippen molar-refractivity contribution in [3.05, 3.63) is 51.5 Å². The first-order chi connectivity index (χ1) is 9.58. The van der Waals surface area contributed by atoms with Crippen molar-refractivity contribution in [1.82, 2.24) is 0 Å². The molecule has 1 aliphatic rings. The zero-order valence-corrected chi connectivity index (χ0v) is 12.6. The van der Waals surface area contributed by atoms with Crippen molar-refractivity contribution in [2.24, 2.45) is 5.73 Å². The molecular formula is C16H15Cl2NO. The van der Waals surface area contributed by atoms with Gasteiger partial charge in [0.15, 0.2) is 0 Å². The molecule has 0 fully saturated rings. The number of fused-ring (bicyclic) bond motifs is 1. The molecular weight excluding hydrogens is 293 g/mol. The van der Waals surface area contributed by atoms with Crippen LogP contribution >= 0.6 is 23.2 Å². The minimum absolute atomic E-state index is 0.0524. The Balaban J connectivity index is 2.15. The van der Waals surface area contributed by atoms with E-state index in [0.717, 1.165) is 23.3 Å². The molecule has 0 amide bonds. The summed E-state index contributed by atoms with van der Waals surface area (Å²) < 4.78 is 5.97. The topological polar surface area (TPSA) is 35.2 Å². The predicted molar refractivity (Wildman–Crippen MR) is 83.8 cm³/mol. The van der Waals surface area contributed by atoms with Crippen LogP contribution in [0.3, 0.4) is 0 Å². The van der Waals surface area contributed by atoms with E-state index in [1.54, 1.807) is 6.07 Å². The number of hydrogen-bond acceptors (Lipinski definition) is 2. The lowest BCUT2D eigenvalue weighted by atomic mass is 9.98. The van der Waals surface area contributed by atoms with Crippen molar-refractivity contribution in [3.63, 3.8) is 0 Å². The average molecular weight is 308 g/mol. The number of benzene rings is 2. The molecule has 0 bridgehead atoms. The Hall–Kier alpha value is -1.22. The lowest BCUT2D eigenvalue weighted by Crippen LogP contribution is -2.24. The van der Waals surface area contributed by atoms with E-state index >= 15 is 0 Å². The van der Waals surface area contributed by atoms with Gasteiger partial charge in [0.1, 0.15) is 11.9 Å². The van der Waals surface area contributed by atoms with Crippen molar-refractivity contribution in [3.8, 4) is 16.9 Å². The van der Waals surface area contributed by atoms with E-state index in [4.69, 9.17) is 33.7 Å². The minimum Gasteiger partial charge on any atom is -0.488 e. The molecule has 0 aliphatic carbocycles. The van der Waals surface area contributed by atoms with E-state index in [0.29, 0.717) is 16.6 Å². The highest BCUT2D eigenvalue weighted by atomic mass is 35.5. The lowest BCUT2D eigenvalue weighted by Gasteiger charge is -2.13. The number of aryl methyl sites for hydroxylation is 1. The van der Waals surface area contributed by atoms with Crippen LogP contribution in [0.25, 0.3) is 11.1 Å². The van der Waals surface area contributed by atoms with E-state index in [1.807, 2.05) is 12.1 Å². The van der Waals surface area contributed by atoms with Gasteiger partial charge in [-0.2, -0.15) is 0 Å². The molecule has 1 heterocycles. The smallest absolute Gasteiger partial charge is 0.131 e. The Morgan fingerprint density at radius 2 is 2.00 bits per heavy atom. The Morgan fingerprint density at radius 3 is 2.70 bits per heavy atom. The van der Waals surface area contributed by atoms with Crippen LogP contribution in [0.2, 0.25) is 10.0 Å². The summed E-state index contributed by atoms with van der Waals surface area (Å²) >= 11 is 12.3.